The molecular formula is C11H20O2. The van der Waals surface area contributed by atoms with E-state index in [9.17, 15) is 4.79 Å². The third-order valence-corrected chi connectivity index (χ3v) is 2.14. The van der Waals surface area contributed by atoms with Crippen LogP contribution in [0.1, 0.15) is 39.0 Å². The van der Waals surface area contributed by atoms with E-state index in [0.717, 1.165) is 19.3 Å². The second-order valence-corrected chi connectivity index (χ2v) is 3.24. The minimum atomic E-state index is -0.101. The van der Waals surface area contributed by atoms with Crippen molar-refractivity contribution in [3.8, 4) is 0 Å². The third-order valence-electron chi connectivity index (χ3n) is 2.14. The predicted molar refractivity (Wildman–Crippen MR) is 54.5 cm³/mol. The van der Waals surface area contributed by atoms with Crippen molar-refractivity contribution in [2.24, 2.45) is 5.92 Å². The van der Waals surface area contributed by atoms with Crippen molar-refractivity contribution in [1.82, 2.24) is 0 Å². The molecule has 0 radical (unpaired) electrons. The Morgan fingerprint density at radius 1 is 1.54 bits per heavy atom. The zero-order valence-corrected chi connectivity index (χ0v) is 8.71. The minimum absolute atomic E-state index is 0.0223. The van der Waals surface area contributed by atoms with Crippen LogP contribution >= 0.6 is 0 Å². The molecule has 1 unspecified atom stereocenters. The highest BCUT2D eigenvalue weighted by Gasteiger charge is 2.16. The molecule has 0 aromatic heterocycles. The summed E-state index contributed by atoms with van der Waals surface area (Å²) in [6, 6.07) is 0. The molecule has 2 heteroatoms. The molecule has 0 aromatic carbocycles. The molecule has 0 aliphatic heterocycles. The molecule has 76 valence electrons. The summed E-state index contributed by atoms with van der Waals surface area (Å²) in [6.45, 7) is 5.79. The largest absolute Gasteiger partial charge is 0.469 e. The van der Waals surface area contributed by atoms with Gasteiger partial charge in [0, 0.05) is 0 Å². The summed E-state index contributed by atoms with van der Waals surface area (Å²) in [5.74, 6) is -0.0787. The summed E-state index contributed by atoms with van der Waals surface area (Å²) in [4.78, 5) is 11.2. The number of carbonyl (C=O) groups excluding carboxylic acids is 1. The monoisotopic (exact) mass is 184 g/mol. The van der Waals surface area contributed by atoms with Gasteiger partial charge in [0.2, 0.25) is 0 Å². The molecule has 0 spiro atoms. The Hall–Kier alpha value is -0.790. The number of ether oxygens (including phenoxy) is 1. The first-order valence-electron chi connectivity index (χ1n) is 4.95. The lowest BCUT2D eigenvalue weighted by atomic mass is 9.98. The zero-order valence-electron chi connectivity index (χ0n) is 8.71. The Bertz CT molecular complexity index is 152. The van der Waals surface area contributed by atoms with Crippen molar-refractivity contribution in [2.75, 3.05) is 7.11 Å². The van der Waals surface area contributed by atoms with E-state index >= 15 is 0 Å². The molecule has 0 N–H and O–H groups in total. The number of carbonyl (C=O) groups is 1. The van der Waals surface area contributed by atoms with Crippen LogP contribution in [-0.4, -0.2) is 13.1 Å². The quantitative estimate of drug-likeness (QED) is 0.345. The first-order chi connectivity index (χ1) is 6.26. The number of hydrogen-bond donors (Lipinski definition) is 0. The third kappa shape index (κ3) is 5.45. The van der Waals surface area contributed by atoms with E-state index in [1.807, 2.05) is 0 Å². The van der Waals surface area contributed by atoms with Crippen LogP contribution in [0.4, 0.5) is 0 Å². The molecule has 0 fully saturated rings. The normalized spacial score (nSPS) is 12.2. The summed E-state index contributed by atoms with van der Waals surface area (Å²) in [5.41, 5.74) is 0. The predicted octanol–water partition coefficient (Wildman–Crippen LogP) is 2.93. The van der Waals surface area contributed by atoms with E-state index in [2.05, 4.69) is 13.5 Å². The molecule has 0 bridgehead atoms. The zero-order chi connectivity index (χ0) is 10.1. The maximum Gasteiger partial charge on any atom is 0.308 e. The standard InChI is InChI=1S/C11H20O2/c1-4-6-7-9-10(8-5-2)11(12)13-3/h5,10H,2,4,6-9H2,1,3H3. The van der Waals surface area contributed by atoms with Gasteiger partial charge in [-0.15, -0.1) is 6.58 Å². The number of esters is 1. The van der Waals surface area contributed by atoms with Crippen molar-refractivity contribution >= 4 is 5.97 Å². The molecule has 0 saturated heterocycles. The first kappa shape index (κ1) is 12.2. The van der Waals surface area contributed by atoms with Crippen LogP contribution in [0.25, 0.3) is 0 Å². The lowest BCUT2D eigenvalue weighted by Gasteiger charge is -2.11. The van der Waals surface area contributed by atoms with E-state index in [0.29, 0.717) is 0 Å². The van der Waals surface area contributed by atoms with E-state index in [-0.39, 0.29) is 11.9 Å². The SMILES string of the molecule is C=CCC(CCCCC)C(=O)OC. The molecule has 13 heavy (non-hydrogen) atoms. The Kier molecular flexibility index (Phi) is 7.36. The number of rotatable bonds is 7. The molecule has 1 atom stereocenters. The summed E-state index contributed by atoms with van der Waals surface area (Å²) >= 11 is 0. The highest BCUT2D eigenvalue weighted by molar-refractivity contribution is 5.72. The lowest BCUT2D eigenvalue weighted by molar-refractivity contribution is -0.145. The van der Waals surface area contributed by atoms with Crippen molar-refractivity contribution < 1.29 is 9.53 Å². The second kappa shape index (κ2) is 7.84. The van der Waals surface area contributed by atoms with E-state index in [1.54, 1.807) is 6.08 Å². The van der Waals surface area contributed by atoms with Gasteiger partial charge in [0.05, 0.1) is 13.0 Å². The summed E-state index contributed by atoms with van der Waals surface area (Å²) in [7, 11) is 1.44. The van der Waals surface area contributed by atoms with Crippen LogP contribution in [0.5, 0.6) is 0 Å². The Balaban J connectivity index is 3.79. The molecule has 0 aliphatic carbocycles. The number of methoxy groups -OCH3 is 1. The van der Waals surface area contributed by atoms with E-state index in [1.165, 1.54) is 20.0 Å². The number of unbranched alkanes of at least 4 members (excludes halogenated alkanes) is 2. The fourth-order valence-electron chi connectivity index (χ4n) is 1.34. The number of allylic oxidation sites excluding steroid dienone is 1. The smallest absolute Gasteiger partial charge is 0.308 e. The molecule has 0 saturated carbocycles. The van der Waals surface area contributed by atoms with Gasteiger partial charge in [-0.05, 0) is 12.8 Å². The van der Waals surface area contributed by atoms with Gasteiger partial charge < -0.3 is 4.74 Å². The van der Waals surface area contributed by atoms with Crippen molar-refractivity contribution in [3.63, 3.8) is 0 Å². The van der Waals surface area contributed by atoms with Gasteiger partial charge in [-0.25, -0.2) is 0 Å². The molecule has 0 aromatic rings. The minimum Gasteiger partial charge on any atom is -0.469 e. The molecule has 2 nitrogen and oxygen atoms in total. The Morgan fingerprint density at radius 3 is 2.69 bits per heavy atom. The summed E-state index contributed by atoms with van der Waals surface area (Å²) < 4.78 is 4.71. The molecule has 0 aliphatic rings. The number of hydrogen-bond acceptors (Lipinski definition) is 2. The topological polar surface area (TPSA) is 26.3 Å². The van der Waals surface area contributed by atoms with Gasteiger partial charge >= 0.3 is 5.97 Å². The van der Waals surface area contributed by atoms with Gasteiger partial charge in [0.25, 0.3) is 0 Å². The summed E-state index contributed by atoms with van der Waals surface area (Å²) in [6.07, 6.45) is 6.91. The van der Waals surface area contributed by atoms with Gasteiger partial charge in [-0.2, -0.15) is 0 Å². The van der Waals surface area contributed by atoms with Crippen LogP contribution in [0.15, 0.2) is 12.7 Å². The lowest BCUT2D eigenvalue weighted by Crippen LogP contribution is -2.15. The fraction of sp³-hybridized carbons (Fsp3) is 0.727. The van der Waals surface area contributed by atoms with Gasteiger partial charge in [0.1, 0.15) is 0 Å². The fourth-order valence-corrected chi connectivity index (χ4v) is 1.34. The Labute approximate surface area is 81.0 Å². The highest BCUT2D eigenvalue weighted by Crippen LogP contribution is 2.15. The second-order valence-electron chi connectivity index (χ2n) is 3.24. The van der Waals surface area contributed by atoms with E-state index in [4.69, 9.17) is 4.74 Å². The van der Waals surface area contributed by atoms with Crippen molar-refractivity contribution in [2.45, 2.75) is 39.0 Å². The highest BCUT2D eigenvalue weighted by atomic mass is 16.5. The van der Waals surface area contributed by atoms with Gasteiger partial charge in [0.15, 0.2) is 0 Å². The van der Waals surface area contributed by atoms with Gasteiger partial charge in [-0.3, -0.25) is 4.79 Å². The maximum absolute atomic E-state index is 11.2. The summed E-state index contributed by atoms with van der Waals surface area (Å²) in [5, 5.41) is 0. The molecule has 0 rings (SSSR count). The molecular weight excluding hydrogens is 164 g/mol. The average molecular weight is 184 g/mol. The van der Waals surface area contributed by atoms with Crippen LogP contribution < -0.4 is 0 Å². The molecule has 0 heterocycles. The van der Waals surface area contributed by atoms with Crippen LogP contribution in [0, 0.1) is 5.92 Å². The van der Waals surface area contributed by atoms with Crippen LogP contribution in [0.3, 0.4) is 0 Å². The first-order valence-corrected chi connectivity index (χ1v) is 4.95. The van der Waals surface area contributed by atoms with Crippen molar-refractivity contribution in [3.05, 3.63) is 12.7 Å². The van der Waals surface area contributed by atoms with Crippen LogP contribution in [-0.2, 0) is 9.53 Å². The average Bonchev–Trinajstić information content (AvgIpc) is 2.16. The van der Waals surface area contributed by atoms with Crippen molar-refractivity contribution in [1.29, 1.82) is 0 Å². The maximum atomic E-state index is 11.2. The van der Waals surface area contributed by atoms with E-state index < -0.39 is 0 Å². The van der Waals surface area contributed by atoms with Crippen LogP contribution in [0.2, 0.25) is 0 Å². The Morgan fingerprint density at radius 2 is 2.23 bits per heavy atom. The molecule has 0 amide bonds. The van der Waals surface area contributed by atoms with Gasteiger partial charge in [-0.1, -0.05) is 32.3 Å².